The molecule has 3 fully saturated rings. The van der Waals surface area contributed by atoms with Gasteiger partial charge in [-0.25, -0.2) is 4.79 Å². The maximum absolute atomic E-state index is 13.2. The van der Waals surface area contributed by atoms with E-state index in [1.807, 2.05) is 19.1 Å². The third kappa shape index (κ3) is 4.45. The van der Waals surface area contributed by atoms with Crippen LogP contribution in [-0.4, -0.2) is 73.1 Å². The molecule has 8 heteroatoms. The first-order valence-corrected chi connectivity index (χ1v) is 12.1. The van der Waals surface area contributed by atoms with E-state index in [0.29, 0.717) is 39.2 Å². The van der Waals surface area contributed by atoms with Gasteiger partial charge in [0.25, 0.3) is 5.91 Å². The van der Waals surface area contributed by atoms with Crippen LogP contribution in [0.4, 0.5) is 4.79 Å². The summed E-state index contributed by atoms with van der Waals surface area (Å²) in [6.07, 6.45) is 5.85. The fourth-order valence-corrected chi connectivity index (χ4v) is 5.54. The van der Waals surface area contributed by atoms with E-state index in [1.54, 1.807) is 11.9 Å². The van der Waals surface area contributed by atoms with Crippen molar-refractivity contribution in [2.45, 2.75) is 62.8 Å². The number of nitrogens with zero attached hydrogens (tertiary/aromatic N) is 2. The lowest BCUT2D eigenvalue weighted by molar-refractivity contribution is -0.137. The van der Waals surface area contributed by atoms with Gasteiger partial charge >= 0.3 is 6.03 Å². The van der Waals surface area contributed by atoms with Crippen molar-refractivity contribution in [3.63, 3.8) is 0 Å². The van der Waals surface area contributed by atoms with Gasteiger partial charge in [0.2, 0.25) is 5.91 Å². The molecule has 0 radical (unpaired) electrons. The van der Waals surface area contributed by atoms with Gasteiger partial charge in [0, 0.05) is 32.2 Å². The molecule has 2 saturated heterocycles. The van der Waals surface area contributed by atoms with Crippen molar-refractivity contribution in [3.8, 4) is 5.75 Å². The normalized spacial score (nSPS) is 22.0. The Morgan fingerprint density at radius 3 is 2.36 bits per heavy atom. The summed E-state index contributed by atoms with van der Waals surface area (Å²) in [6.45, 7) is 4.00. The van der Waals surface area contributed by atoms with Crippen LogP contribution in [0.2, 0.25) is 0 Å². The van der Waals surface area contributed by atoms with E-state index >= 15 is 0 Å². The minimum Gasteiger partial charge on any atom is -0.494 e. The lowest BCUT2D eigenvalue weighted by Crippen LogP contribution is -2.50. The van der Waals surface area contributed by atoms with E-state index in [0.717, 1.165) is 48.3 Å². The van der Waals surface area contributed by atoms with Gasteiger partial charge in [-0.1, -0.05) is 31.4 Å². The van der Waals surface area contributed by atoms with Crippen molar-refractivity contribution in [1.29, 1.82) is 0 Å². The summed E-state index contributed by atoms with van der Waals surface area (Å²) in [5.74, 6) is 0.284. The summed E-state index contributed by atoms with van der Waals surface area (Å²) < 4.78 is 11.1. The van der Waals surface area contributed by atoms with Crippen molar-refractivity contribution in [2.24, 2.45) is 0 Å². The molecular formula is C25H35N3O5. The largest absolute Gasteiger partial charge is 0.494 e. The highest BCUT2D eigenvalue weighted by atomic mass is 16.5. The molecule has 0 aromatic heterocycles. The Labute approximate surface area is 195 Å². The van der Waals surface area contributed by atoms with Gasteiger partial charge in [-0.2, -0.15) is 0 Å². The Morgan fingerprint density at radius 2 is 1.73 bits per heavy atom. The number of carbonyl (C=O) groups excluding carboxylic acids is 3. The van der Waals surface area contributed by atoms with Gasteiger partial charge in [-0.3, -0.25) is 14.5 Å². The highest BCUT2D eigenvalue weighted by Gasteiger charge is 2.55. The Morgan fingerprint density at radius 1 is 1.06 bits per heavy atom. The first kappa shape index (κ1) is 23.5. The van der Waals surface area contributed by atoms with Crippen LogP contribution in [0.25, 0.3) is 0 Å². The first-order chi connectivity index (χ1) is 15.9. The van der Waals surface area contributed by atoms with Crippen LogP contribution in [0, 0.1) is 0 Å². The summed E-state index contributed by atoms with van der Waals surface area (Å²) in [6, 6.07) is 7.65. The third-order valence-electron chi connectivity index (χ3n) is 7.64. The van der Waals surface area contributed by atoms with E-state index < -0.39 is 5.54 Å². The number of nitrogens with one attached hydrogen (secondary N) is 1. The first-order valence-electron chi connectivity index (χ1n) is 12.1. The summed E-state index contributed by atoms with van der Waals surface area (Å²) >= 11 is 0. The molecule has 180 valence electrons. The summed E-state index contributed by atoms with van der Waals surface area (Å²) in [4.78, 5) is 41.6. The standard InChI is InChI=1S/C25H35N3O5/c1-3-33-20-9-7-19(8-10-20)24(13-15-32-16-14-24)18-26-21(29)17-28-22(30)25(27(2)23(28)31)11-5-4-6-12-25/h7-10H,3-6,11-18H2,1-2H3,(H,26,29). The van der Waals surface area contributed by atoms with Crippen LogP contribution >= 0.6 is 0 Å². The predicted molar refractivity (Wildman–Crippen MR) is 123 cm³/mol. The van der Waals surface area contributed by atoms with Crippen molar-refractivity contribution < 1.29 is 23.9 Å². The van der Waals surface area contributed by atoms with Gasteiger partial charge in [-0.15, -0.1) is 0 Å². The molecule has 1 saturated carbocycles. The zero-order chi connectivity index (χ0) is 23.5. The van der Waals surface area contributed by atoms with E-state index in [-0.39, 0.29) is 29.8 Å². The monoisotopic (exact) mass is 457 g/mol. The van der Waals surface area contributed by atoms with Crippen LogP contribution < -0.4 is 10.1 Å². The SMILES string of the molecule is CCOc1ccc(C2(CNC(=O)CN3C(=O)N(C)C4(CCCCC4)C3=O)CCOCC2)cc1. The lowest BCUT2D eigenvalue weighted by atomic mass is 9.74. The van der Waals surface area contributed by atoms with Gasteiger partial charge in [-0.05, 0) is 50.3 Å². The highest BCUT2D eigenvalue weighted by Crippen LogP contribution is 2.39. The number of amides is 4. The quantitative estimate of drug-likeness (QED) is 0.636. The van der Waals surface area contributed by atoms with E-state index in [4.69, 9.17) is 9.47 Å². The zero-order valence-corrected chi connectivity index (χ0v) is 19.7. The van der Waals surface area contributed by atoms with Crippen LogP contribution in [0.1, 0.15) is 57.4 Å². The average molecular weight is 458 g/mol. The number of hydrogen-bond donors (Lipinski definition) is 1. The predicted octanol–water partition coefficient (Wildman–Crippen LogP) is 2.85. The number of hydrogen-bond acceptors (Lipinski definition) is 5. The highest BCUT2D eigenvalue weighted by molar-refractivity contribution is 6.08. The van der Waals surface area contributed by atoms with Gasteiger partial charge < -0.3 is 19.7 Å². The minimum atomic E-state index is -0.764. The molecule has 4 amide bonds. The number of ether oxygens (including phenoxy) is 2. The molecule has 0 unspecified atom stereocenters. The summed E-state index contributed by atoms with van der Waals surface area (Å²) in [5.41, 5.74) is 0.114. The molecule has 3 aliphatic rings. The molecule has 33 heavy (non-hydrogen) atoms. The van der Waals surface area contributed by atoms with Crippen molar-refractivity contribution in [1.82, 2.24) is 15.1 Å². The molecule has 4 rings (SSSR count). The molecule has 2 heterocycles. The van der Waals surface area contributed by atoms with Crippen molar-refractivity contribution in [2.75, 3.05) is 40.0 Å². The third-order valence-corrected chi connectivity index (χ3v) is 7.64. The summed E-state index contributed by atoms with van der Waals surface area (Å²) in [5, 5.41) is 3.02. The van der Waals surface area contributed by atoms with E-state index in [1.165, 1.54) is 0 Å². The van der Waals surface area contributed by atoms with Gasteiger partial charge in [0.05, 0.1) is 6.61 Å². The second kappa shape index (κ2) is 9.71. The van der Waals surface area contributed by atoms with Crippen LogP contribution in [0.3, 0.4) is 0 Å². The second-order valence-corrected chi connectivity index (χ2v) is 9.45. The average Bonchev–Trinajstić information content (AvgIpc) is 3.01. The van der Waals surface area contributed by atoms with E-state index in [9.17, 15) is 14.4 Å². The molecular weight excluding hydrogens is 422 g/mol. The number of likely N-dealkylation sites (N-methyl/N-ethyl adjacent to an activating group) is 1. The molecule has 2 aliphatic heterocycles. The van der Waals surface area contributed by atoms with Crippen molar-refractivity contribution in [3.05, 3.63) is 29.8 Å². The molecule has 0 atom stereocenters. The molecule has 0 bridgehead atoms. The van der Waals surface area contributed by atoms with Crippen LogP contribution in [0.15, 0.2) is 24.3 Å². The number of benzene rings is 1. The van der Waals surface area contributed by atoms with Crippen molar-refractivity contribution >= 4 is 17.8 Å². The Balaban J connectivity index is 1.43. The maximum atomic E-state index is 13.2. The Hall–Kier alpha value is -2.61. The molecule has 1 aromatic carbocycles. The lowest BCUT2D eigenvalue weighted by Gasteiger charge is -2.38. The van der Waals surface area contributed by atoms with Gasteiger partial charge in [0.15, 0.2) is 0 Å². The fourth-order valence-electron chi connectivity index (χ4n) is 5.54. The Bertz CT molecular complexity index is 873. The number of imide groups is 1. The number of urea groups is 1. The van der Waals surface area contributed by atoms with Gasteiger partial charge in [0.1, 0.15) is 17.8 Å². The second-order valence-electron chi connectivity index (χ2n) is 9.45. The smallest absolute Gasteiger partial charge is 0.327 e. The maximum Gasteiger partial charge on any atom is 0.327 e. The Kier molecular flexibility index (Phi) is 6.93. The molecule has 1 N–H and O–H groups in total. The molecule has 1 spiro atoms. The summed E-state index contributed by atoms with van der Waals surface area (Å²) in [7, 11) is 1.69. The molecule has 1 aliphatic carbocycles. The van der Waals surface area contributed by atoms with Crippen LogP contribution in [-0.2, 0) is 19.7 Å². The fraction of sp³-hybridized carbons (Fsp3) is 0.640. The molecule has 1 aromatic rings. The minimum absolute atomic E-state index is 0.225. The van der Waals surface area contributed by atoms with Crippen LogP contribution in [0.5, 0.6) is 5.75 Å². The zero-order valence-electron chi connectivity index (χ0n) is 19.7. The topological polar surface area (TPSA) is 88.2 Å². The molecule has 8 nitrogen and oxygen atoms in total. The van der Waals surface area contributed by atoms with E-state index in [2.05, 4.69) is 17.4 Å². The number of rotatable bonds is 7. The number of carbonyl (C=O) groups is 3.